The van der Waals surface area contributed by atoms with E-state index in [1.54, 1.807) is 0 Å². The van der Waals surface area contributed by atoms with E-state index < -0.39 is 10.9 Å². The molecular weight excluding hydrogens is 262 g/mol. The molecule has 2 N–H and O–H groups in total. The molecule has 0 aliphatic heterocycles. The summed E-state index contributed by atoms with van der Waals surface area (Å²) < 4.78 is 0. The molecule has 0 saturated heterocycles. The van der Waals surface area contributed by atoms with Crippen LogP contribution in [0.3, 0.4) is 0 Å². The largest absolute Gasteiger partial charge is 0.477 e. The fourth-order valence-corrected chi connectivity index (χ4v) is 2.51. The van der Waals surface area contributed by atoms with Crippen molar-refractivity contribution in [3.8, 4) is 0 Å². The summed E-state index contributed by atoms with van der Waals surface area (Å²) in [4.78, 5) is 25.4. The third-order valence-electron chi connectivity index (χ3n) is 3.85. The monoisotopic (exact) mass is 277 g/mol. The number of nitrogens with one attached hydrogen (secondary N) is 1. The van der Waals surface area contributed by atoms with Crippen LogP contribution in [0, 0.1) is 22.0 Å². The Morgan fingerprint density at radius 2 is 1.95 bits per heavy atom. The third-order valence-corrected chi connectivity index (χ3v) is 3.85. The minimum atomic E-state index is -1.18. The summed E-state index contributed by atoms with van der Waals surface area (Å²) in [6.45, 7) is 0. The van der Waals surface area contributed by atoms with Crippen molar-refractivity contribution < 1.29 is 14.8 Å². The van der Waals surface area contributed by atoms with Gasteiger partial charge in [0.05, 0.1) is 4.92 Å². The number of nitrogens with zero attached hydrogens (tertiary/aromatic N) is 2. The molecule has 1 heterocycles. The molecule has 20 heavy (non-hydrogen) atoms. The number of carboxylic acid groups (broad SMARTS) is 1. The van der Waals surface area contributed by atoms with E-state index in [-0.39, 0.29) is 23.2 Å². The molecule has 2 fully saturated rings. The number of hydrogen-bond donors (Lipinski definition) is 2. The zero-order valence-electron chi connectivity index (χ0n) is 10.8. The first-order valence-corrected chi connectivity index (χ1v) is 6.71. The molecule has 0 bridgehead atoms. The van der Waals surface area contributed by atoms with Crippen molar-refractivity contribution in [1.82, 2.24) is 4.98 Å². The van der Waals surface area contributed by atoms with Crippen molar-refractivity contribution in [3.63, 3.8) is 0 Å². The fraction of sp³-hybridized carbons (Fsp3) is 0.538. The van der Waals surface area contributed by atoms with Crippen LogP contribution in [0.4, 0.5) is 11.5 Å². The van der Waals surface area contributed by atoms with E-state index in [4.69, 9.17) is 5.11 Å². The number of aromatic nitrogens is 1. The van der Waals surface area contributed by atoms with Crippen LogP contribution in [0.5, 0.6) is 0 Å². The SMILES string of the molecule is O=C(O)c1ccc([N+](=O)[O-])c(NC(C2CC2)C2CC2)n1. The lowest BCUT2D eigenvalue weighted by Gasteiger charge is -2.18. The third kappa shape index (κ3) is 2.56. The smallest absolute Gasteiger partial charge is 0.354 e. The van der Waals surface area contributed by atoms with Crippen LogP contribution in [0.1, 0.15) is 36.2 Å². The lowest BCUT2D eigenvalue weighted by molar-refractivity contribution is -0.384. The van der Waals surface area contributed by atoms with E-state index in [2.05, 4.69) is 10.3 Å². The lowest BCUT2D eigenvalue weighted by atomic mass is 10.1. The van der Waals surface area contributed by atoms with Gasteiger partial charge in [-0.15, -0.1) is 0 Å². The molecule has 7 nitrogen and oxygen atoms in total. The van der Waals surface area contributed by atoms with Crippen LogP contribution in [-0.4, -0.2) is 27.0 Å². The molecule has 1 aromatic rings. The van der Waals surface area contributed by atoms with E-state index in [0.717, 1.165) is 31.7 Å². The molecule has 0 atom stereocenters. The highest BCUT2D eigenvalue weighted by molar-refractivity contribution is 5.86. The first-order valence-electron chi connectivity index (χ1n) is 6.71. The molecule has 0 radical (unpaired) electrons. The quantitative estimate of drug-likeness (QED) is 0.610. The van der Waals surface area contributed by atoms with Crippen LogP contribution in [0.2, 0.25) is 0 Å². The van der Waals surface area contributed by atoms with E-state index in [1.165, 1.54) is 6.07 Å². The van der Waals surface area contributed by atoms with E-state index in [0.29, 0.717) is 11.8 Å². The summed E-state index contributed by atoms with van der Waals surface area (Å²) >= 11 is 0. The molecule has 2 aliphatic carbocycles. The van der Waals surface area contributed by atoms with Gasteiger partial charge in [-0.3, -0.25) is 10.1 Å². The molecule has 0 spiro atoms. The molecule has 0 amide bonds. The average Bonchev–Trinajstić information content (AvgIpc) is 3.28. The summed E-state index contributed by atoms with van der Waals surface area (Å²) in [5, 5.41) is 23.1. The van der Waals surface area contributed by atoms with Gasteiger partial charge < -0.3 is 10.4 Å². The van der Waals surface area contributed by atoms with Crippen molar-refractivity contribution in [2.24, 2.45) is 11.8 Å². The van der Waals surface area contributed by atoms with Gasteiger partial charge in [-0.2, -0.15) is 0 Å². The van der Waals surface area contributed by atoms with Crippen molar-refractivity contribution >= 4 is 17.5 Å². The van der Waals surface area contributed by atoms with Gasteiger partial charge in [0.25, 0.3) is 0 Å². The normalized spacial score (nSPS) is 18.1. The Balaban J connectivity index is 1.90. The molecule has 7 heteroatoms. The van der Waals surface area contributed by atoms with E-state index >= 15 is 0 Å². The van der Waals surface area contributed by atoms with Crippen LogP contribution >= 0.6 is 0 Å². The maximum atomic E-state index is 11.0. The first kappa shape index (κ1) is 12.8. The molecular formula is C13H15N3O4. The Labute approximate surface area is 115 Å². The number of carbonyl (C=O) groups is 1. The van der Waals surface area contributed by atoms with Crippen LogP contribution in [-0.2, 0) is 0 Å². The molecule has 106 valence electrons. The van der Waals surface area contributed by atoms with Gasteiger partial charge >= 0.3 is 11.7 Å². The molecule has 1 aromatic heterocycles. The Hall–Kier alpha value is -2.18. The molecule has 3 rings (SSSR count). The Morgan fingerprint density at radius 1 is 1.35 bits per heavy atom. The van der Waals surface area contributed by atoms with Crippen molar-refractivity contribution in [1.29, 1.82) is 0 Å². The molecule has 0 aromatic carbocycles. The van der Waals surface area contributed by atoms with Gasteiger partial charge in [-0.05, 0) is 43.6 Å². The van der Waals surface area contributed by atoms with Gasteiger partial charge in [-0.1, -0.05) is 0 Å². The second-order valence-electron chi connectivity index (χ2n) is 5.47. The molecule has 2 aliphatic rings. The van der Waals surface area contributed by atoms with Crippen molar-refractivity contribution in [3.05, 3.63) is 27.9 Å². The molecule has 2 saturated carbocycles. The summed E-state index contributed by atoms with van der Waals surface area (Å²) in [6, 6.07) is 2.55. The van der Waals surface area contributed by atoms with Gasteiger partial charge in [0.2, 0.25) is 5.82 Å². The molecule has 0 unspecified atom stereocenters. The maximum absolute atomic E-state index is 11.0. The lowest BCUT2D eigenvalue weighted by Crippen LogP contribution is -2.25. The Kier molecular flexibility index (Phi) is 3.04. The number of aromatic carboxylic acids is 1. The summed E-state index contributed by atoms with van der Waals surface area (Å²) in [5.41, 5.74) is -0.343. The predicted molar refractivity (Wildman–Crippen MR) is 70.7 cm³/mol. The number of nitro groups is 1. The summed E-state index contributed by atoms with van der Waals surface area (Å²) in [7, 11) is 0. The zero-order chi connectivity index (χ0) is 14.3. The van der Waals surface area contributed by atoms with Gasteiger partial charge in [0.15, 0.2) is 5.69 Å². The second-order valence-corrected chi connectivity index (χ2v) is 5.47. The summed E-state index contributed by atoms with van der Waals surface area (Å²) in [6.07, 6.45) is 4.50. The Morgan fingerprint density at radius 3 is 2.40 bits per heavy atom. The Bertz CT molecular complexity index is 555. The van der Waals surface area contributed by atoms with Gasteiger partial charge in [0, 0.05) is 12.1 Å². The van der Waals surface area contributed by atoms with Crippen molar-refractivity contribution in [2.75, 3.05) is 5.32 Å². The highest BCUT2D eigenvalue weighted by Gasteiger charge is 2.42. The highest BCUT2D eigenvalue weighted by atomic mass is 16.6. The minimum Gasteiger partial charge on any atom is -0.477 e. The standard InChI is InChI=1S/C13H15N3O4/c17-13(18)9-5-6-10(16(19)20)12(14-9)15-11(7-1-2-7)8-3-4-8/h5-8,11H,1-4H2,(H,14,15)(H,17,18). The van der Waals surface area contributed by atoms with E-state index in [1.807, 2.05) is 0 Å². The predicted octanol–water partition coefficient (Wildman–Crippen LogP) is 2.29. The van der Waals surface area contributed by atoms with Crippen LogP contribution < -0.4 is 5.32 Å². The number of anilines is 1. The first-order chi connectivity index (χ1) is 9.56. The number of rotatable bonds is 6. The highest BCUT2D eigenvalue weighted by Crippen LogP contribution is 2.46. The fourth-order valence-electron chi connectivity index (χ4n) is 2.51. The maximum Gasteiger partial charge on any atom is 0.354 e. The van der Waals surface area contributed by atoms with E-state index in [9.17, 15) is 14.9 Å². The van der Waals surface area contributed by atoms with Gasteiger partial charge in [-0.25, -0.2) is 9.78 Å². The minimum absolute atomic E-state index is 0.0821. The van der Waals surface area contributed by atoms with Crippen LogP contribution in [0.25, 0.3) is 0 Å². The summed E-state index contributed by atoms with van der Waals surface area (Å²) in [5.74, 6) is -0.0224. The number of hydrogen-bond acceptors (Lipinski definition) is 5. The number of pyridine rings is 1. The zero-order valence-corrected chi connectivity index (χ0v) is 10.8. The average molecular weight is 277 g/mol. The second kappa shape index (κ2) is 4.73. The van der Waals surface area contributed by atoms with Crippen molar-refractivity contribution in [2.45, 2.75) is 31.7 Å². The topological polar surface area (TPSA) is 105 Å². The van der Waals surface area contributed by atoms with Gasteiger partial charge in [0.1, 0.15) is 0 Å². The van der Waals surface area contributed by atoms with Crippen LogP contribution in [0.15, 0.2) is 12.1 Å². The number of carboxylic acids is 1.